The van der Waals surface area contributed by atoms with Gasteiger partial charge in [0.1, 0.15) is 5.82 Å². The maximum Gasteiger partial charge on any atom is 0.242 e. The summed E-state index contributed by atoms with van der Waals surface area (Å²) >= 11 is 1.69. The summed E-state index contributed by atoms with van der Waals surface area (Å²) < 4.78 is 1.81. The number of hydrogen-bond acceptors (Lipinski definition) is 4. The Kier molecular flexibility index (Phi) is 8.88. The van der Waals surface area contributed by atoms with E-state index < -0.39 is 6.04 Å². The van der Waals surface area contributed by atoms with Crippen LogP contribution in [0.15, 0.2) is 6.07 Å². The summed E-state index contributed by atoms with van der Waals surface area (Å²) in [5, 5.41) is 7.18. The molecule has 0 fully saturated rings. The number of thioether (sulfide) groups is 1. The van der Waals surface area contributed by atoms with E-state index in [9.17, 15) is 4.79 Å². The van der Waals surface area contributed by atoms with Crippen molar-refractivity contribution < 1.29 is 4.79 Å². The fourth-order valence-electron chi connectivity index (χ4n) is 1.62. The first-order valence-corrected chi connectivity index (χ1v) is 7.57. The van der Waals surface area contributed by atoms with Crippen molar-refractivity contribution in [3.63, 3.8) is 0 Å². The van der Waals surface area contributed by atoms with Gasteiger partial charge in [-0.1, -0.05) is 6.92 Å². The number of nitrogens with one attached hydrogen (secondary N) is 1. The van der Waals surface area contributed by atoms with Crippen LogP contribution in [0.2, 0.25) is 0 Å². The minimum absolute atomic E-state index is 0. The fourth-order valence-corrected chi connectivity index (χ4v) is 2.11. The molecule has 1 rings (SSSR count). The number of halogens is 1. The molecule has 0 saturated carbocycles. The van der Waals surface area contributed by atoms with Crippen LogP contribution >= 0.6 is 24.2 Å². The van der Waals surface area contributed by atoms with E-state index in [0.717, 1.165) is 30.2 Å². The molecule has 1 atom stereocenters. The van der Waals surface area contributed by atoms with Crippen molar-refractivity contribution >= 4 is 35.9 Å². The quantitative estimate of drug-likeness (QED) is 0.808. The van der Waals surface area contributed by atoms with E-state index in [1.807, 2.05) is 23.9 Å². The van der Waals surface area contributed by atoms with Gasteiger partial charge in [0.15, 0.2) is 0 Å². The van der Waals surface area contributed by atoms with E-state index in [1.165, 1.54) is 0 Å². The molecule has 0 aliphatic rings. The van der Waals surface area contributed by atoms with E-state index in [-0.39, 0.29) is 18.3 Å². The summed E-state index contributed by atoms with van der Waals surface area (Å²) in [6.07, 6.45) is 3.67. The molecule has 1 amide bonds. The molecule has 1 heterocycles. The van der Waals surface area contributed by atoms with Crippen molar-refractivity contribution in [1.29, 1.82) is 0 Å². The van der Waals surface area contributed by atoms with Gasteiger partial charge in [-0.15, -0.1) is 12.4 Å². The average molecular weight is 307 g/mol. The third-order valence-electron chi connectivity index (χ3n) is 2.56. The van der Waals surface area contributed by atoms with Gasteiger partial charge in [0.05, 0.1) is 11.7 Å². The van der Waals surface area contributed by atoms with E-state index in [0.29, 0.717) is 6.42 Å². The van der Waals surface area contributed by atoms with Crippen LogP contribution in [0.5, 0.6) is 0 Å². The summed E-state index contributed by atoms with van der Waals surface area (Å²) in [5.41, 5.74) is 6.73. The van der Waals surface area contributed by atoms with Gasteiger partial charge in [0.25, 0.3) is 0 Å². The predicted octanol–water partition coefficient (Wildman–Crippen LogP) is 2.04. The topological polar surface area (TPSA) is 72.9 Å². The number of carbonyl (C=O) groups excluding carboxylic acids is 1. The van der Waals surface area contributed by atoms with Gasteiger partial charge >= 0.3 is 0 Å². The van der Waals surface area contributed by atoms with Crippen LogP contribution in [0, 0.1) is 6.92 Å². The Labute approximate surface area is 125 Å². The Hall–Kier alpha value is -0.720. The van der Waals surface area contributed by atoms with Crippen LogP contribution in [0.25, 0.3) is 0 Å². The molecular formula is C12H23ClN4OS. The fraction of sp³-hybridized carbons (Fsp3) is 0.667. The number of hydrogen-bond donors (Lipinski definition) is 2. The third-order valence-corrected chi connectivity index (χ3v) is 3.20. The second kappa shape index (κ2) is 9.23. The first-order chi connectivity index (χ1) is 8.58. The largest absolute Gasteiger partial charge is 0.320 e. The van der Waals surface area contributed by atoms with Gasteiger partial charge in [-0.05, 0) is 31.8 Å². The Bertz CT molecular complexity index is 397. The second-order valence-electron chi connectivity index (χ2n) is 4.27. The Morgan fingerprint density at radius 3 is 2.89 bits per heavy atom. The zero-order valence-corrected chi connectivity index (χ0v) is 13.3. The minimum atomic E-state index is -0.456. The van der Waals surface area contributed by atoms with Crippen LogP contribution in [-0.2, 0) is 11.3 Å². The molecule has 5 nitrogen and oxygen atoms in total. The molecule has 0 aliphatic carbocycles. The molecule has 0 saturated heterocycles. The molecule has 3 N–H and O–H groups in total. The van der Waals surface area contributed by atoms with Crippen molar-refractivity contribution in [1.82, 2.24) is 9.78 Å². The van der Waals surface area contributed by atoms with Crippen LogP contribution < -0.4 is 11.1 Å². The SMILES string of the molecule is CCCn1nc(C)cc1NC(=O)[C@@H](N)CCSC.Cl. The number of aryl methyl sites for hydroxylation is 2. The molecule has 0 aliphatic heterocycles. The first kappa shape index (κ1) is 18.3. The highest BCUT2D eigenvalue weighted by atomic mass is 35.5. The van der Waals surface area contributed by atoms with Gasteiger partial charge in [0.2, 0.25) is 5.91 Å². The van der Waals surface area contributed by atoms with Crippen LogP contribution in [0.4, 0.5) is 5.82 Å². The number of amides is 1. The van der Waals surface area contributed by atoms with Crippen LogP contribution in [-0.4, -0.2) is 33.7 Å². The maximum absolute atomic E-state index is 11.9. The third kappa shape index (κ3) is 5.84. The molecule has 0 bridgehead atoms. The highest BCUT2D eigenvalue weighted by Crippen LogP contribution is 2.11. The van der Waals surface area contributed by atoms with E-state index >= 15 is 0 Å². The van der Waals surface area contributed by atoms with Gasteiger partial charge in [0, 0.05) is 12.6 Å². The van der Waals surface area contributed by atoms with Crippen LogP contribution in [0.3, 0.4) is 0 Å². The lowest BCUT2D eigenvalue weighted by atomic mass is 10.2. The molecule has 1 aromatic rings. The molecule has 0 spiro atoms. The summed E-state index contributed by atoms with van der Waals surface area (Å²) in [6.45, 7) is 4.78. The van der Waals surface area contributed by atoms with Crippen molar-refractivity contribution in [2.45, 2.75) is 39.3 Å². The molecule has 7 heteroatoms. The number of aromatic nitrogens is 2. The van der Waals surface area contributed by atoms with Crippen molar-refractivity contribution in [3.05, 3.63) is 11.8 Å². The molecule has 0 unspecified atom stereocenters. The number of nitrogens with zero attached hydrogens (tertiary/aromatic N) is 2. The lowest BCUT2D eigenvalue weighted by Gasteiger charge is -2.12. The van der Waals surface area contributed by atoms with Gasteiger partial charge in [-0.2, -0.15) is 16.9 Å². The van der Waals surface area contributed by atoms with E-state index in [1.54, 1.807) is 11.8 Å². The van der Waals surface area contributed by atoms with Crippen molar-refractivity contribution in [3.8, 4) is 0 Å². The highest BCUT2D eigenvalue weighted by molar-refractivity contribution is 7.98. The standard InChI is InChI=1S/C12H22N4OS.ClH/c1-4-6-16-11(8-9(2)15-16)14-12(17)10(13)5-7-18-3;/h8,10H,4-7,13H2,1-3H3,(H,14,17);1H/t10-;/m0./s1. The van der Waals surface area contributed by atoms with Crippen molar-refractivity contribution in [2.75, 3.05) is 17.3 Å². The number of nitrogens with two attached hydrogens (primary N) is 1. The zero-order chi connectivity index (χ0) is 13.5. The Morgan fingerprint density at radius 1 is 1.63 bits per heavy atom. The Morgan fingerprint density at radius 2 is 2.32 bits per heavy atom. The normalized spacial score (nSPS) is 11.8. The second-order valence-corrected chi connectivity index (χ2v) is 5.26. The predicted molar refractivity (Wildman–Crippen MR) is 84.1 cm³/mol. The summed E-state index contributed by atoms with van der Waals surface area (Å²) in [7, 11) is 0. The lowest BCUT2D eigenvalue weighted by Crippen LogP contribution is -2.36. The molecule has 0 radical (unpaired) electrons. The van der Waals surface area contributed by atoms with E-state index in [4.69, 9.17) is 5.73 Å². The summed E-state index contributed by atoms with van der Waals surface area (Å²) in [4.78, 5) is 11.9. The Balaban J connectivity index is 0.00000324. The first-order valence-electron chi connectivity index (χ1n) is 6.18. The minimum Gasteiger partial charge on any atom is -0.320 e. The maximum atomic E-state index is 11.9. The van der Waals surface area contributed by atoms with Gasteiger partial charge in [-0.3, -0.25) is 4.79 Å². The molecule has 110 valence electrons. The zero-order valence-electron chi connectivity index (χ0n) is 11.7. The number of carbonyl (C=O) groups is 1. The summed E-state index contributed by atoms with van der Waals surface area (Å²) in [5.74, 6) is 1.49. The lowest BCUT2D eigenvalue weighted by molar-refractivity contribution is -0.117. The monoisotopic (exact) mass is 306 g/mol. The smallest absolute Gasteiger partial charge is 0.242 e. The average Bonchev–Trinajstić information content (AvgIpc) is 2.67. The number of rotatable bonds is 7. The van der Waals surface area contributed by atoms with Gasteiger partial charge < -0.3 is 11.1 Å². The molecule has 19 heavy (non-hydrogen) atoms. The van der Waals surface area contributed by atoms with Crippen LogP contribution in [0.1, 0.15) is 25.5 Å². The molecule has 0 aromatic carbocycles. The highest BCUT2D eigenvalue weighted by Gasteiger charge is 2.15. The number of anilines is 1. The van der Waals surface area contributed by atoms with E-state index in [2.05, 4.69) is 17.3 Å². The molecular weight excluding hydrogens is 284 g/mol. The molecule has 1 aromatic heterocycles. The summed E-state index contributed by atoms with van der Waals surface area (Å²) in [6, 6.07) is 1.41. The van der Waals surface area contributed by atoms with Gasteiger partial charge in [-0.25, -0.2) is 4.68 Å². The van der Waals surface area contributed by atoms with Crippen molar-refractivity contribution in [2.24, 2.45) is 5.73 Å².